The molecule has 0 spiro atoms. The lowest BCUT2D eigenvalue weighted by atomic mass is 9.97. The van der Waals surface area contributed by atoms with Crippen molar-refractivity contribution in [2.24, 2.45) is 0 Å². The molecular weight excluding hydrogens is 441 g/mol. The molecule has 33 heavy (non-hydrogen) atoms. The number of hydrogen-bond donors (Lipinski definition) is 4. The molecule has 0 bridgehead atoms. The third-order valence-electron chi connectivity index (χ3n) is 5.19. The highest BCUT2D eigenvalue weighted by molar-refractivity contribution is 5.89. The summed E-state index contributed by atoms with van der Waals surface area (Å²) < 4.78 is 43.7. The van der Waals surface area contributed by atoms with E-state index in [1.54, 1.807) is 18.3 Å². The number of hydrogen-bond acceptors (Lipinski definition) is 5. The zero-order valence-corrected chi connectivity index (χ0v) is 17.6. The van der Waals surface area contributed by atoms with Gasteiger partial charge in [0.25, 0.3) is 0 Å². The predicted molar refractivity (Wildman–Crippen MR) is 113 cm³/mol. The molecule has 0 radical (unpaired) electrons. The minimum atomic E-state index is -4.46. The number of anilines is 1. The summed E-state index contributed by atoms with van der Waals surface area (Å²) in [7, 11) is 0. The summed E-state index contributed by atoms with van der Waals surface area (Å²) in [6.45, 7) is -0.0681. The SMILES string of the molecule is O=C(C[C@@H]1CC[C@@H](NC(=O)Nc2ccc(C(F)(F)F)cc2)[C@H](CO)O1)NCc1ccccn1. The molecule has 3 amide bonds. The van der Waals surface area contributed by atoms with Crippen LogP contribution in [0.2, 0.25) is 0 Å². The predicted octanol–water partition coefficient (Wildman–Crippen LogP) is 2.84. The first-order valence-corrected chi connectivity index (χ1v) is 10.4. The van der Waals surface area contributed by atoms with Gasteiger partial charge in [-0.1, -0.05) is 6.07 Å². The van der Waals surface area contributed by atoms with Crippen molar-refractivity contribution in [3.63, 3.8) is 0 Å². The third kappa shape index (κ3) is 7.43. The van der Waals surface area contributed by atoms with Crippen molar-refractivity contribution < 1.29 is 32.6 Å². The molecule has 1 aliphatic rings. The van der Waals surface area contributed by atoms with Crippen molar-refractivity contribution in [3.8, 4) is 0 Å². The summed E-state index contributed by atoms with van der Waals surface area (Å²) >= 11 is 0. The van der Waals surface area contributed by atoms with Gasteiger partial charge < -0.3 is 25.8 Å². The van der Waals surface area contributed by atoms with Gasteiger partial charge in [-0.2, -0.15) is 13.2 Å². The second-order valence-corrected chi connectivity index (χ2v) is 7.64. The minimum absolute atomic E-state index is 0.105. The Morgan fingerprint density at radius 3 is 2.52 bits per heavy atom. The van der Waals surface area contributed by atoms with E-state index in [1.807, 2.05) is 6.07 Å². The summed E-state index contributed by atoms with van der Waals surface area (Å²) in [5.41, 5.74) is 0.108. The number of carbonyl (C=O) groups is 2. The molecule has 1 saturated heterocycles. The first kappa shape index (κ1) is 24.5. The Balaban J connectivity index is 1.45. The maximum Gasteiger partial charge on any atom is 0.416 e. The molecule has 2 aromatic rings. The van der Waals surface area contributed by atoms with Crippen LogP contribution in [0, 0.1) is 0 Å². The zero-order valence-electron chi connectivity index (χ0n) is 17.6. The summed E-state index contributed by atoms with van der Waals surface area (Å²) in [6, 6.07) is 8.32. The highest BCUT2D eigenvalue weighted by atomic mass is 19.4. The Morgan fingerprint density at radius 2 is 1.88 bits per heavy atom. The Hall–Kier alpha value is -3.18. The number of alkyl halides is 3. The fourth-order valence-electron chi connectivity index (χ4n) is 3.50. The van der Waals surface area contributed by atoms with Crippen molar-refractivity contribution in [2.45, 2.75) is 50.2 Å². The Kier molecular flexibility index (Phi) is 8.23. The molecule has 8 nitrogen and oxygen atoms in total. The molecule has 0 saturated carbocycles. The lowest BCUT2D eigenvalue weighted by Gasteiger charge is -2.35. The number of nitrogens with one attached hydrogen (secondary N) is 3. The van der Waals surface area contributed by atoms with Gasteiger partial charge in [0.15, 0.2) is 0 Å². The molecule has 3 atom stereocenters. The van der Waals surface area contributed by atoms with Crippen LogP contribution in [0.4, 0.5) is 23.7 Å². The van der Waals surface area contributed by atoms with Crippen LogP contribution >= 0.6 is 0 Å². The van der Waals surface area contributed by atoms with Gasteiger partial charge >= 0.3 is 12.2 Å². The molecule has 1 aromatic carbocycles. The smallest absolute Gasteiger partial charge is 0.394 e. The van der Waals surface area contributed by atoms with E-state index < -0.39 is 36.0 Å². The topological polar surface area (TPSA) is 113 Å². The molecule has 3 rings (SSSR count). The number of aromatic nitrogens is 1. The number of aliphatic hydroxyl groups excluding tert-OH is 1. The van der Waals surface area contributed by atoms with Gasteiger partial charge in [-0.25, -0.2) is 4.79 Å². The van der Waals surface area contributed by atoms with Gasteiger partial charge in [0.05, 0.1) is 43.0 Å². The maximum absolute atomic E-state index is 12.6. The number of aliphatic hydroxyl groups is 1. The number of rotatable bonds is 7. The van der Waals surface area contributed by atoms with Crippen molar-refractivity contribution in [1.29, 1.82) is 0 Å². The van der Waals surface area contributed by atoms with E-state index in [2.05, 4.69) is 20.9 Å². The average Bonchev–Trinajstić information content (AvgIpc) is 2.79. The third-order valence-corrected chi connectivity index (χ3v) is 5.19. The normalized spacial score (nSPS) is 20.7. The number of halogens is 3. The molecule has 0 unspecified atom stereocenters. The molecular formula is C22H25F3N4O4. The monoisotopic (exact) mass is 466 g/mol. The van der Waals surface area contributed by atoms with E-state index in [0.29, 0.717) is 19.4 Å². The molecule has 2 heterocycles. The molecule has 178 valence electrons. The highest BCUT2D eigenvalue weighted by Crippen LogP contribution is 2.30. The van der Waals surface area contributed by atoms with Gasteiger partial charge in [-0.05, 0) is 49.2 Å². The van der Waals surface area contributed by atoms with Crippen LogP contribution in [0.3, 0.4) is 0 Å². The minimum Gasteiger partial charge on any atom is -0.394 e. The summed E-state index contributed by atoms with van der Waals surface area (Å²) in [5, 5.41) is 17.6. The van der Waals surface area contributed by atoms with Crippen LogP contribution in [0.15, 0.2) is 48.7 Å². The second-order valence-electron chi connectivity index (χ2n) is 7.64. The Bertz CT molecular complexity index is 925. The molecule has 1 aliphatic heterocycles. The van der Waals surface area contributed by atoms with E-state index in [1.165, 1.54) is 0 Å². The van der Waals surface area contributed by atoms with Gasteiger partial charge in [0, 0.05) is 11.9 Å². The van der Waals surface area contributed by atoms with Gasteiger partial charge in [-0.15, -0.1) is 0 Å². The number of amides is 3. The van der Waals surface area contributed by atoms with E-state index in [9.17, 15) is 27.9 Å². The number of benzene rings is 1. The number of pyridine rings is 1. The molecule has 1 fully saturated rings. The molecule has 1 aromatic heterocycles. The Labute approximate surface area is 188 Å². The van der Waals surface area contributed by atoms with Gasteiger partial charge in [0.2, 0.25) is 5.91 Å². The second kappa shape index (κ2) is 11.1. The van der Waals surface area contributed by atoms with Crippen LogP contribution in [0.25, 0.3) is 0 Å². The van der Waals surface area contributed by atoms with Crippen LogP contribution in [0.1, 0.15) is 30.5 Å². The number of carbonyl (C=O) groups excluding carboxylic acids is 2. The molecule has 4 N–H and O–H groups in total. The van der Waals surface area contributed by atoms with E-state index in [-0.39, 0.29) is 24.6 Å². The Morgan fingerprint density at radius 1 is 1.12 bits per heavy atom. The van der Waals surface area contributed by atoms with Crippen LogP contribution in [-0.4, -0.2) is 46.9 Å². The summed E-state index contributed by atoms with van der Waals surface area (Å²) in [6.07, 6.45) is -2.90. The number of nitrogens with zero attached hydrogens (tertiary/aromatic N) is 1. The van der Waals surface area contributed by atoms with Gasteiger partial charge in [-0.3, -0.25) is 9.78 Å². The molecule has 11 heteroatoms. The lowest BCUT2D eigenvalue weighted by molar-refractivity contribution is -0.137. The fraction of sp³-hybridized carbons (Fsp3) is 0.409. The van der Waals surface area contributed by atoms with Crippen molar-refractivity contribution in [3.05, 3.63) is 59.9 Å². The van der Waals surface area contributed by atoms with Crippen molar-refractivity contribution in [1.82, 2.24) is 15.6 Å². The number of ether oxygens (including phenoxy) is 1. The molecule has 0 aliphatic carbocycles. The van der Waals surface area contributed by atoms with E-state index in [4.69, 9.17) is 4.74 Å². The maximum atomic E-state index is 12.6. The quantitative estimate of drug-likeness (QED) is 0.501. The van der Waals surface area contributed by atoms with Crippen LogP contribution in [-0.2, 0) is 22.3 Å². The summed E-state index contributed by atoms with van der Waals surface area (Å²) in [5.74, 6) is -0.214. The summed E-state index contributed by atoms with van der Waals surface area (Å²) in [4.78, 5) is 28.6. The van der Waals surface area contributed by atoms with E-state index >= 15 is 0 Å². The van der Waals surface area contributed by atoms with E-state index in [0.717, 1.165) is 30.0 Å². The fourth-order valence-corrected chi connectivity index (χ4v) is 3.50. The largest absolute Gasteiger partial charge is 0.416 e. The van der Waals surface area contributed by atoms with Crippen LogP contribution < -0.4 is 16.0 Å². The first-order valence-electron chi connectivity index (χ1n) is 10.4. The number of urea groups is 1. The standard InChI is InChI=1S/C22H25F3N4O4/c23-22(24,25)14-4-6-15(7-5-14)28-21(32)29-18-9-8-17(33-19(18)13-30)11-20(31)27-12-16-3-1-2-10-26-16/h1-7,10,17-19,30H,8-9,11-13H2,(H,27,31)(H2,28,29,32)/t17-,18+,19-/m0/s1. The van der Waals surface area contributed by atoms with Crippen molar-refractivity contribution in [2.75, 3.05) is 11.9 Å². The van der Waals surface area contributed by atoms with Gasteiger partial charge in [0.1, 0.15) is 6.10 Å². The zero-order chi connectivity index (χ0) is 23.8. The average molecular weight is 466 g/mol. The van der Waals surface area contributed by atoms with Crippen LogP contribution in [0.5, 0.6) is 0 Å². The lowest BCUT2D eigenvalue weighted by Crippen LogP contribution is -2.52. The highest BCUT2D eigenvalue weighted by Gasteiger charge is 2.33. The van der Waals surface area contributed by atoms with Crippen molar-refractivity contribution >= 4 is 17.6 Å². The first-order chi connectivity index (χ1) is 15.7.